The van der Waals surface area contributed by atoms with Crippen LogP contribution in [0.15, 0.2) is 0 Å². The fraction of sp³-hybridized carbons (Fsp3) is 0.900. The molecule has 1 unspecified atom stereocenters. The van der Waals surface area contributed by atoms with Gasteiger partial charge in [-0.25, -0.2) is 0 Å². The van der Waals surface area contributed by atoms with Crippen molar-refractivity contribution in [3.63, 3.8) is 0 Å². The molecule has 0 rings (SSSR count). The maximum Gasteiger partial charge on any atom is 0.308 e. The summed E-state index contributed by atoms with van der Waals surface area (Å²) in [5.74, 6) is -0.312. The van der Waals surface area contributed by atoms with Crippen LogP contribution in [-0.2, 0) is 9.53 Å². The van der Waals surface area contributed by atoms with Crippen molar-refractivity contribution in [1.82, 2.24) is 0 Å². The number of rotatable bonds is 6. The molecule has 0 saturated heterocycles. The summed E-state index contributed by atoms with van der Waals surface area (Å²) in [5.41, 5.74) is 0. The molecule has 0 aromatic carbocycles. The lowest BCUT2D eigenvalue weighted by Crippen LogP contribution is -2.42. The number of carbonyl (C=O) groups excluding carboxylic acids is 1. The van der Waals surface area contributed by atoms with Gasteiger partial charge >= 0.3 is 5.97 Å². The molecular weight excluding hydrogens is 182 g/mol. The van der Waals surface area contributed by atoms with Gasteiger partial charge < -0.3 is 14.3 Å². The lowest BCUT2D eigenvalue weighted by atomic mass is 10.2. The van der Waals surface area contributed by atoms with Crippen LogP contribution in [0, 0.1) is 0 Å². The number of aliphatic hydroxyl groups is 1. The van der Waals surface area contributed by atoms with E-state index in [-0.39, 0.29) is 12.4 Å². The van der Waals surface area contributed by atoms with Gasteiger partial charge in [-0.05, 0) is 6.42 Å². The number of nitrogens with zero attached hydrogens (tertiary/aromatic N) is 1. The van der Waals surface area contributed by atoms with Gasteiger partial charge in [-0.15, -0.1) is 0 Å². The van der Waals surface area contributed by atoms with Gasteiger partial charge in [-0.1, -0.05) is 6.92 Å². The number of carbonyl (C=O) groups is 1. The first-order valence-corrected chi connectivity index (χ1v) is 4.99. The van der Waals surface area contributed by atoms with Gasteiger partial charge in [-0.3, -0.25) is 4.79 Å². The van der Waals surface area contributed by atoms with Crippen molar-refractivity contribution in [2.24, 2.45) is 0 Å². The van der Waals surface area contributed by atoms with Gasteiger partial charge in [0.25, 0.3) is 0 Å². The second kappa shape index (κ2) is 5.98. The number of ether oxygens (including phenoxy) is 1. The summed E-state index contributed by atoms with van der Waals surface area (Å²) in [6, 6.07) is 0. The predicted octanol–water partition coefficient (Wildman–Crippen LogP) is 0.397. The van der Waals surface area contributed by atoms with E-state index in [1.165, 1.54) is 0 Å². The highest BCUT2D eigenvalue weighted by Gasteiger charge is 2.19. The minimum absolute atomic E-state index is 0.0928. The van der Waals surface area contributed by atoms with E-state index in [0.717, 1.165) is 6.42 Å². The molecule has 4 nitrogen and oxygen atoms in total. The van der Waals surface area contributed by atoms with E-state index in [9.17, 15) is 9.90 Å². The molecule has 14 heavy (non-hydrogen) atoms. The average molecular weight is 204 g/mol. The third-order valence-electron chi connectivity index (χ3n) is 1.63. The Kier molecular flexibility index (Phi) is 5.72. The molecule has 4 heteroatoms. The Morgan fingerprint density at radius 3 is 2.43 bits per heavy atom. The zero-order chi connectivity index (χ0) is 11.2. The van der Waals surface area contributed by atoms with Crippen LogP contribution in [0.4, 0.5) is 0 Å². The number of hydrogen-bond acceptors (Lipinski definition) is 3. The number of esters is 1. The van der Waals surface area contributed by atoms with E-state index in [1.54, 1.807) is 0 Å². The molecule has 1 atom stereocenters. The fourth-order valence-corrected chi connectivity index (χ4v) is 1.16. The minimum Gasteiger partial charge on any atom is -0.466 e. The Morgan fingerprint density at radius 1 is 1.43 bits per heavy atom. The number of quaternary nitrogens is 1. The van der Waals surface area contributed by atoms with Crippen LogP contribution in [0.3, 0.4) is 0 Å². The van der Waals surface area contributed by atoms with Crippen LogP contribution in [0.1, 0.15) is 19.8 Å². The maximum atomic E-state index is 11.1. The van der Waals surface area contributed by atoms with Crippen molar-refractivity contribution in [3.8, 4) is 0 Å². The summed E-state index contributed by atoms with van der Waals surface area (Å²) in [5, 5.41) is 9.54. The molecule has 0 aromatic heterocycles. The molecule has 0 bridgehead atoms. The average Bonchev–Trinajstić information content (AvgIpc) is 1.96. The Bertz CT molecular complexity index is 175. The van der Waals surface area contributed by atoms with Crippen LogP contribution in [0.25, 0.3) is 0 Å². The lowest BCUT2D eigenvalue weighted by molar-refractivity contribution is -0.873. The third kappa shape index (κ3) is 8.01. The molecule has 0 aliphatic carbocycles. The molecular formula is C10H22NO3+. The maximum absolute atomic E-state index is 11.1. The quantitative estimate of drug-likeness (QED) is 0.503. The first-order valence-electron chi connectivity index (χ1n) is 4.99. The normalized spacial score (nSPS) is 13.8. The van der Waals surface area contributed by atoms with Gasteiger partial charge in [0, 0.05) is 0 Å². The van der Waals surface area contributed by atoms with Crippen LogP contribution < -0.4 is 0 Å². The molecule has 0 aliphatic heterocycles. The lowest BCUT2D eigenvalue weighted by Gasteiger charge is -2.26. The molecule has 0 aliphatic rings. The minimum atomic E-state index is -0.612. The van der Waals surface area contributed by atoms with Crippen molar-refractivity contribution >= 4 is 5.97 Å². The van der Waals surface area contributed by atoms with E-state index in [0.29, 0.717) is 17.6 Å². The van der Waals surface area contributed by atoms with E-state index in [4.69, 9.17) is 4.74 Å². The van der Waals surface area contributed by atoms with E-state index < -0.39 is 6.10 Å². The van der Waals surface area contributed by atoms with Gasteiger partial charge in [0.1, 0.15) is 12.6 Å². The number of aliphatic hydroxyl groups excluding tert-OH is 1. The van der Waals surface area contributed by atoms with Crippen LogP contribution in [0.5, 0.6) is 0 Å². The SMILES string of the molecule is CCCOC(=O)CC(O)C[N+](C)(C)C. The van der Waals surface area contributed by atoms with Crippen molar-refractivity contribution < 1.29 is 19.1 Å². The van der Waals surface area contributed by atoms with Gasteiger partial charge in [-0.2, -0.15) is 0 Å². The van der Waals surface area contributed by atoms with Crippen molar-refractivity contribution in [1.29, 1.82) is 0 Å². The summed E-state index contributed by atoms with van der Waals surface area (Å²) in [7, 11) is 5.92. The smallest absolute Gasteiger partial charge is 0.308 e. The molecule has 0 amide bonds. The number of likely N-dealkylation sites (N-methyl/N-ethyl adjacent to an activating group) is 1. The Labute approximate surface area is 86.1 Å². The highest BCUT2D eigenvalue weighted by atomic mass is 16.5. The van der Waals surface area contributed by atoms with Crippen LogP contribution in [-0.4, -0.2) is 56.0 Å². The molecule has 0 radical (unpaired) electrons. The molecule has 0 saturated carbocycles. The van der Waals surface area contributed by atoms with Crippen molar-refractivity contribution in [3.05, 3.63) is 0 Å². The predicted molar refractivity (Wildman–Crippen MR) is 54.8 cm³/mol. The molecule has 0 spiro atoms. The van der Waals surface area contributed by atoms with Crippen molar-refractivity contribution in [2.75, 3.05) is 34.3 Å². The number of hydrogen-bond donors (Lipinski definition) is 1. The zero-order valence-electron chi connectivity index (χ0n) is 9.62. The fourth-order valence-electron chi connectivity index (χ4n) is 1.16. The van der Waals surface area contributed by atoms with Gasteiger partial charge in [0.15, 0.2) is 0 Å². The van der Waals surface area contributed by atoms with Crippen LogP contribution in [0.2, 0.25) is 0 Å². The highest BCUT2D eigenvalue weighted by molar-refractivity contribution is 5.69. The Balaban J connectivity index is 3.71. The molecule has 0 aromatic rings. The summed E-state index contributed by atoms with van der Waals surface area (Å²) in [6.45, 7) is 2.94. The third-order valence-corrected chi connectivity index (χ3v) is 1.63. The Hall–Kier alpha value is -0.610. The zero-order valence-corrected chi connectivity index (χ0v) is 9.62. The summed E-state index contributed by atoms with van der Waals surface area (Å²) in [4.78, 5) is 11.1. The molecule has 84 valence electrons. The van der Waals surface area contributed by atoms with Gasteiger partial charge in [0.2, 0.25) is 0 Å². The first kappa shape index (κ1) is 13.4. The molecule has 1 N–H and O–H groups in total. The Morgan fingerprint density at radius 2 is 2.00 bits per heavy atom. The molecule has 0 heterocycles. The van der Waals surface area contributed by atoms with E-state index in [2.05, 4.69) is 0 Å². The second-order valence-electron chi connectivity index (χ2n) is 4.55. The largest absolute Gasteiger partial charge is 0.466 e. The first-order chi connectivity index (χ1) is 6.35. The van der Waals surface area contributed by atoms with Crippen LogP contribution >= 0.6 is 0 Å². The highest BCUT2D eigenvalue weighted by Crippen LogP contribution is 2.01. The van der Waals surface area contributed by atoms with E-state index >= 15 is 0 Å². The second-order valence-corrected chi connectivity index (χ2v) is 4.55. The van der Waals surface area contributed by atoms with Crippen molar-refractivity contribution in [2.45, 2.75) is 25.9 Å². The topological polar surface area (TPSA) is 46.5 Å². The monoisotopic (exact) mass is 204 g/mol. The van der Waals surface area contributed by atoms with Gasteiger partial charge in [0.05, 0.1) is 34.2 Å². The summed E-state index contributed by atoms with van der Waals surface area (Å²) < 4.78 is 5.51. The summed E-state index contributed by atoms with van der Waals surface area (Å²) in [6.07, 6.45) is 0.298. The molecule has 0 fully saturated rings. The van der Waals surface area contributed by atoms with E-state index in [1.807, 2.05) is 28.1 Å². The standard InChI is InChI=1S/C10H22NO3/c1-5-6-14-10(13)7-9(12)8-11(2,3)4/h9,12H,5-8H2,1-4H3/q+1. The summed E-state index contributed by atoms with van der Waals surface area (Å²) >= 11 is 0.